The maximum absolute atomic E-state index is 12.8. The van der Waals surface area contributed by atoms with E-state index in [1.807, 2.05) is 12.1 Å². The maximum atomic E-state index is 12.8. The van der Waals surface area contributed by atoms with Gasteiger partial charge in [-0.05, 0) is 24.3 Å². The van der Waals surface area contributed by atoms with E-state index in [0.717, 1.165) is 5.56 Å². The van der Waals surface area contributed by atoms with Crippen molar-refractivity contribution < 1.29 is 18.8 Å². The van der Waals surface area contributed by atoms with E-state index in [4.69, 9.17) is 14.0 Å². The van der Waals surface area contributed by atoms with E-state index in [9.17, 15) is 4.79 Å². The van der Waals surface area contributed by atoms with Gasteiger partial charge in [0, 0.05) is 31.0 Å². The van der Waals surface area contributed by atoms with E-state index >= 15 is 0 Å². The second-order valence-corrected chi connectivity index (χ2v) is 6.14. The molecule has 8 nitrogen and oxygen atoms in total. The topological polar surface area (TPSA) is 90.6 Å². The molecule has 0 aliphatic carbocycles. The molecule has 8 heteroatoms. The van der Waals surface area contributed by atoms with Crippen LogP contribution in [0.1, 0.15) is 22.2 Å². The highest BCUT2D eigenvalue weighted by molar-refractivity contribution is 5.98. The van der Waals surface area contributed by atoms with Crippen molar-refractivity contribution in [2.45, 2.75) is 5.92 Å². The van der Waals surface area contributed by atoms with Crippen LogP contribution in [-0.2, 0) is 0 Å². The lowest BCUT2D eigenvalue weighted by Gasteiger charge is -2.37. The smallest absolute Gasteiger partial charge is 0.257 e. The summed E-state index contributed by atoms with van der Waals surface area (Å²) in [5.41, 5.74) is 1.31. The highest BCUT2D eigenvalue weighted by Crippen LogP contribution is 2.34. The lowest BCUT2D eigenvalue weighted by Crippen LogP contribution is -2.48. The van der Waals surface area contributed by atoms with Crippen molar-refractivity contribution in [1.82, 2.24) is 20.0 Å². The third kappa shape index (κ3) is 3.10. The van der Waals surface area contributed by atoms with Crippen molar-refractivity contribution in [2.75, 3.05) is 27.3 Å². The highest BCUT2D eigenvalue weighted by atomic mass is 16.5. The first kappa shape index (κ1) is 17.0. The van der Waals surface area contributed by atoms with Crippen molar-refractivity contribution in [2.24, 2.45) is 0 Å². The van der Waals surface area contributed by atoms with Gasteiger partial charge in [-0.25, -0.2) is 0 Å². The van der Waals surface area contributed by atoms with Crippen molar-refractivity contribution in [3.63, 3.8) is 0 Å². The number of aromatic nitrogens is 3. The number of nitrogens with zero attached hydrogens (tertiary/aromatic N) is 4. The molecule has 0 bridgehead atoms. The zero-order valence-electron chi connectivity index (χ0n) is 15.0. The Morgan fingerprint density at radius 1 is 1.15 bits per heavy atom. The quantitative estimate of drug-likeness (QED) is 0.685. The maximum Gasteiger partial charge on any atom is 0.257 e. The van der Waals surface area contributed by atoms with Crippen LogP contribution in [0.3, 0.4) is 0 Å². The molecule has 1 fully saturated rings. The number of para-hydroxylation sites is 1. The Labute approximate surface area is 155 Å². The summed E-state index contributed by atoms with van der Waals surface area (Å²) in [7, 11) is 3.06. The van der Waals surface area contributed by atoms with Gasteiger partial charge in [-0.1, -0.05) is 11.2 Å². The van der Waals surface area contributed by atoms with Gasteiger partial charge in [0.2, 0.25) is 11.7 Å². The Hall–Kier alpha value is -3.42. The van der Waals surface area contributed by atoms with E-state index < -0.39 is 0 Å². The van der Waals surface area contributed by atoms with E-state index in [1.54, 1.807) is 42.6 Å². The second kappa shape index (κ2) is 7.06. The fraction of sp³-hybridized carbons (Fsp3) is 0.263. The number of carbonyl (C=O) groups is 1. The molecule has 0 atom stereocenters. The summed E-state index contributed by atoms with van der Waals surface area (Å²) in [5, 5.41) is 4.01. The zero-order chi connectivity index (χ0) is 18.8. The van der Waals surface area contributed by atoms with Crippen LogP contribution in [0.15, 0.2) is 47.2 Å². The molecule has 0 radical (unpaired) electrons. The lowest BCUT2D eigenvalue weighted by atomic mass is 9.98. The monoisotopic (exact) mass is 366 g/mol. The molecule has 3 heterocycles. The minimum absolute atomic E-state index is 0.0219. The number of hydrogen-bond acceptors (Lipinski definition) is 7. The van der Waals surface area contributed by atoms with Crippen molar-refractivity contribution in [3.05, 3.63) is 54.2 Å². The molecule has 1 aromatic carbocycles. The number of carbonyl (C=O) groups excluding carboxylic acids is 1. The van der Waals surface area contributed by atoms with Crippen molar-refractivity contribution in [1.29, 1.82) is 0 Å². The zero-order valence-corrected chi connectivity index (χ0v) is 15.0. The van der Waals surface area contributed by atoms with Gasteiger partial charge in [0.1, 0.15) is 0 Å². The van der Waals surface area contributed by atoms with Crippen molar-refractivity contribution >= 4 is 5.91 Å². The average molecular weight is 366 g/mol. The fourth-order valence-corrected chi connectivity index (χ4v) is 3.05. The SMILES string of the molecule is COc1cccc(C(=O)N2CC(c3nc(-c4ccncc4)no3)C2)c1OC. The van der Waals surface area contributed by atoms with Gasteiger partial charge in [-0.3, -0.25) is 9.78 Å². The molecular formula is C19H18N4O4. The van der Waals surface area contributed by atoms with Crippen molar-refractivity contribution in [3.8, 4) is 22.9 Å². The van der Waals surface area contributed by atoms with Crippen LogP contribution < -0.4 is 9.47 Å². The summed E-state index contributed by atoms with van der Waals surface area (Å²) in [6.07, 6.45) is 3.35. The molecular weight excluding hydrogens is 348 g/mol. The Bertz CT molecular complexity index is 951. The predicted octanol–water partition coefficient (Wildman–Crippen LogP) is 2.39. The second-order valence-electron chi connectivity index (χ2n) is 6.14. The molecule has 1 aliphatic heterocycles. The molecule has 4 rings (SSSR count). The summed E-state index contributed by atoms with van der Waals surface area (Å²) in [6.45, 7) is 1.02. The van der Waals surface area contributed by atoms with Gasteiger partial charge in [0.05, 0.1) is 25.7 Å². The molecule has 27 heavy (non-hydrogen) atoms. The Morgan fingerprint density at radius 2 is 1.93 bits per heavy atom. The highest BCUT2D eigenvalue weighted by Gasteiger charge is 2.37. The van der Waals surface area contributed by atoms with Gasteiger partial charge in [0.15, 0.2) is 11.5 Å². The third-order valence-electron chi connectivity index (χ3n) is 4.53. The van der Waals surface area contributed by atoms with Gasteiger partial charge in [0.25, 0.3) is 5.91 Å². The Kier molecular flexibility index (Phi) is 4.45. The van der Waals surface area contributed by atoms with E-state index in [0.29, 0.717) is 41.9 Å². The summed E-state index contributed by atoms with van der Waals surface area (Å²) in [4.78, 5) is 22.9. The molecule has 1 saturated heterocycles. The normalized spacial score (nSPS) is 13.9. The number of benzene rings is 1. The number of amides is 1. The van der Waals surface area contributed by atoms with Crippen LogP contribution in [0.2, 0.25) is 0 Å². The lowest BCUT2D eigenvalue weighted by molar-refractivity contribution is 0.0565. The molecule has 2 aromatic heterocycles. The van der Waals surface area contributed by atoms with Crippen LogP contribution in [0.25, 0.3) is 11.4 Å². The molecule has 1 aliphatic rings. The molecule has 0 unspecified atom stereocenters. The summed E-state index contributed by atoms with van der Waals surface area (Å²) in [6, 6.07) is 8.89. The van der Waals surface area contributed by atoms with Gasteiger partial charge < -0.3 is 18.9 Å². The van der Waals surface area contributed by atoms with Gasteiger partial charge >= 0.3 is 0 Å². The van der Waals surface area contributed by atoms with E-state index in [-0.39, 0.29) is 11.8 Å². The first-order valence-electron chi connectivity index (χ1n) is 8.45. The number of hydrogen-bond donors (Lipinski definition) is 0. The fourth-order valence-electron chi connectivity index (χ4n) is 3.05. The first-order chi connectivity index (χ1) is 13.2. The van der Waals surface area contributed by atoms with Gasteiger partial charge in [-0.15, -0.1) is 0 Å². The van der Waals surface area contributed by atoms with Crippen LogP contribution >= 0.6 is 0 Å². The Balaban J connectivity index is 1.46. The number of methoxy groups -OCH3 is 2. The minimum Gasteiger partial charge on any atom is -0.493 e. The van der Waals surface area contributed by atoms with Crippen LogP contribution in [0, 0.1) is 0 Å². The molecule has 0 N–H and O–H groups in total. The molecule has 3 aromatic rings. The van der Waals surface area contributed by atoms with Crippen LogP contribution in [0.5, 0.6) is 11.5 Å². The summed E-state index contributed by atoms with van der Waals surface area (Å²) in [5.74, 6) is 1.92. The summed E-state index contributed by atoms with van der Waals surface area (Å²) >= 11 is 0. The van der Waals surface area contributed by atoms with E-state index in [1.165, 1.54) is 7.11 Å². The number of rotatable bonds is 5. The van der Waals surface area contributed by atoms with Crippen LogP contribution in [0.4, 0.5) is 0 Å². The molecule has 1 amide bonds. The average Bonchev–Trinajstić information content (AvgIpc) is 3.16. The number of ether oxygens (including phenoxy) is 2. The number of likely N-dealkylation sites (tertiary alicyclic amines) is 1. The molecule has 0 spiro atoms. The largest absolute Gasteiger partial charge is 0.493 e. The standard InChI is InChI=1S/C19H18N4O4/c1-25-15-5-3-4-14(16(15)26-2)19(24)23-10-13(11-23)18-21-17(22-27-18)12-6-8-20-9-7-12/h3-9,13H,10-11H2,1-2H3. The molecule has 0 saturated carbocycles. The Morgan fingerprint density at radius 3 is 2.63 bits per heavy atom. The van der Waals surface area contributed by atoms with Crippen LogP contribution in [-0.4, -0.2) is 53.2 Å². The number of pyridine rings is 1. The molecule has 138 valence electrons. The minimum atomic E-state index is -0.115. The third-order valence-corrected chi connectivity index (χ3v) is 4.53. The first-order valence-corrected chi connectivity index (χ1v) is 8.45. The van der Waals surface area contributed by atoms with Gasteiger partial charge in [-0.2, -0.15) is 4.98 Å². The summed E-state index contributed by atoms with van der Waals surface area (Å²) < 4.78 is 16.0. The predicted molar refractivity (Wildman–Crippen MR) is 95.7 cm³/mol. The van der Waals surface area contributed by atoms with E-state index in [2.05, 4.69) is 15.1 Å².